The van der Waals surface area contributed by atoms with Crippen molar-refractivity contribution in [3.05, 3.63) is 34.9 Å². The van der Waals surface area contributed by atoms with Gasteiger partial charge in [-0.15, -0.1) is 0 Å². The first-order chi connectivity index (χ1) is 5.69. The van der Waals surface area contributed by atoms with E-state index >= 15 is 0 Å². The van der Waals surface area contributed by atoms with Crippen LogP contribution in [0.2, 0.25) is 0 Å². The van der Waals surface area contributed by atoms with Gasteiger partial charge in [-0.3, -0.25) is 4.79 Å². The van der Waals surface area contributed by atoms with Gasteiger partial charge in [0.25, 0.3) is 0 Å². The highest BCUT2D eigenvalue weighted by Gasteiger charge is 2.07. The maximum absolute atomic E-state index is 12.5. The minimum atomic E-state index is -1.09. The number of aliphatic hydroxyl groups is 1. The van der Waals surface area contributed by atoms with Crippen molar-refractivity contribution in [3.63, 3.8) is 0 Å². The van der Waals surface area contributed by atoms with E-state index in [1.807, 2.05) is 0 Å². The molecule has 0 saturated heterocycles. The number of hydrogen-bond donors (Lipinski definition) is 1. The van der Waals surface area contributed by atoms with Gasteiger partial charge in [0.2, 0.25) is 0 Å². The number of benzene rings is 1. The van der Waals surface area contributed by atoms with Crippen molar-refractivity contribution in [2.75, 3.05) is 0 Å². The Labute approximate surface area is 67.4 Å². The minimum absolute atomic E-state index is 0.0311. The number of rotatable bonds is 2. The summed E-state index contributed by atoms with van der Waals surface area (Å²) in [5.41, 5.74) is 0.0558. The maximum atomic E-state index is 12.5. The number of carbonyl (C=O) groups is 1. The maximum Gasteiger partial charge on any atom is 0.159 e. The predicted molar refractivity (Wildman–Crippen MR) is 37.7 cm³/mol. The molecular weight excluding hydrogens is 166 g/mol. The van der Waals surface area contributed by atoms with E-state index in [9.17, 15) is 13.6 Å². The SMILES string of the molecule is O=Cc1cc(F)c(F)cc1CO. The summed E-state index contributed by atoms with van der Waals surface area (Å²) in [6.45, 7) is -0.481. The molecule has 0 radical (unpaired) electrons. The van der Waals surface area contributed by atoms with Gasteiger partial charge in [0.1, 0.15) is 0 Å². The summed E-state index contributed by atoms with van der Waals surface area (Å²) in [6.07, 6.45) is 0.369. The summed E-state index contributed by atoms with van der Waals surface area (Å²) in [5, 5.41) is 8.62. The smallest absolute Gasteiger partial charge is 0.159 e. The molecule has 0 amide bonds. The van der Waals surface area contributed by atoms with Crippen LogP contribution in [0.1, 0.15) is 15.9 Å². The first-order valence-electron chi connectivity index (χ1n) is 3.23. The molecule has 12 heavy (non-hydrogen) atoms. The monoisotopic (exact) mass is 172 g/mol. The van der Waals surface area contributed by atoms with Gasteiger partial charge in [-0.25, -0.2) is 8.78 Å². The summed E-state index contributed by atoms with van der Waals surface area (Å²) in [7, 11) is 0. The Bertz CT molecular complexity index is 310. The largest absolute Gasteiger partial charge is 0.392 e. The van der Waals surface area contributed by atoms with Gasteiger partial charge in [0.15, 0.2) is 17.9 Å². The highest BCUT2D eigenvalue weighted by atomic mass is 19.2. The first kappa shape index (κ1) is 8.80. The lowest BCUT2D eigenvalue weighted by Crippen LogP contribution is -1.96. The van der Waals surface area contributed by atoms with E-state index in [2.05, 4.69) is 0 Å². The third kappa shape index (κ3) is 1.48. The van der Waals surface area contributed by atoms with Crippen molar-refractivity contribution in [1.29, 1.82) is 0 Å². The molecule has 0 heterocycles. The van der Waals surface area contributed by atoms with E-state index in [1.165, 1.54) is 0 Å². The van der Waals surface area contributed by atoms with Gasteiger partial charge in [-0.1, -0.05) is 0 Å². The zero-order valence-corrected chi connectivity index (χ0v) is 6.05. The molecule has 4 heteroatoms. The van der Waals surface area contributed by atoms with E-state index in [0.717, 1.165) is 12.1 Å². The molecule has 1 aromatic carbocycles. The summed E-state index contributed by atoms with van der Waals surface area (Å²) in [6, 6.07) is 1.56. The fourth-order valence-electron chi connectivity index (χ4n) is 0.850. The second kappa shape index (κ2) is 3.40. The lowest BCUT2D eigenvalue weighted by atomic mass is 10.1. The highest BCUT2D eigenvalue weighted by molar-refractivity contribution is 5.77. The van der Waals surface area contributed by atoms with Crippen molar-refractivity contribution >= 4 is 6.29 Å². The highest BCUT2D eigenvalue weighted by Crippen LogP contribution is 2.13. The van der Waals surface area contributed by atoms with Gasteiger partial charge in [-0.2, -0.15) is 0 Å². The molecule has 0 spiro atoms. The zero-order chi connectivity index (χ0) is 9.14. The van der Waals surface area contributed by atoms with Crippen LogP contribution in [0.3, 0.4) is 0 Å². The lowest BCUT2D eigenvalue weighted by Gasteiger charge is -2.00. The number of hydrogen-bond acceptors (Lipinski definition) is 2. The molecule has 0 aliphatic heterocycles. The fraction of sp³-hybridized carbons (Fsp3) is 0.125. The third-order valence-electron chi connectivity index (χ3n) is 1.48. The van der Waals surface area contributed by atoms with Crippen LogP contribution in [-0.2, 0) is 6.61 Å². The molecular formula is C8H6F2O2. The van der Waals surface area contributed by atoms with Crippen LogP contribution in [0.25, 0.3) is 0 Å². The van der Waals surface area contributed by atoms with Crippen LogP contribution >= 0.6 is 0 Å². The molecule has 0 bridgehead atoms. The van der Waals surface area contributed by atoms with Crippen molar-refractivity contribution in [2.45, 2.75) is 6.61 Å². The van der Waals surface area contributed by atoms with Crippen LogP contribution < -0.4 is 0 Å². The first-order valence-corrected chi connectivity index (χ1v) is 3.23. The Morgan fingerprint density at radius 1 is 1.33 bits per heavy atom. The summed E-state index contributed by atoms with van der Waals surface area (Å²) >= 11 is 0. The van der Waals surface area contributed by atoms with E-state index in [4.69, 9.17) is 5.11 Å². The average molecular weight is 172 g/mol. The number of aliphatic hydroxyl groups excluding tert-OH is 1. The Kier molecular flexibility index (Phi) is 2.50. The zero-order valence-electron chi connectivity index (χ0n) is 6.05. The molecule has 0 saturated carbocycles. The van der Waals surface area contributed by atoms with Crippen molar-refractivity contribution in [2.24, 2.45) is 0 Å². The third-order valence-corrected chi connectivity index (χ3v) is 1.48. The van der Waals surface area contributed by atoms with Gasteiger partial charge in [-0.05, 0) is 17.7 Å². The van der Waals surface area contributed by atoms with E-state index < -0.39 is 18.2 Å². The van der Waals surface area contributed by atoms with Gasteiger partial charge >= 0.3 is 0 Å². The van der Waals surface area contributed by atoms with Crippen LogP contribution in [0.4, 0.5) is 8.78 Å². The molecule has 64 valence electrons. The number of halogens is 2. The van der Waals surface area contributed by atoms with Crippen molar-refractivity contribution in [3.8, 4) is 0 Å². The standard InChI is InChI=1S/C8H6F2O2/c9-7-1-5(3-11)6(4-12)2-8(7)10/h1-3,12H,4H2. The molecule has 0 unspecified atom stereocenters. The summed E-state index contributed by atoms with van der Waals surface area (Å²) in [4.78, 5) is 10.2. The Morgan fingerprint density at radius 2 is 1.92 bits per heavy atom. The Hall–Kier alpha value is -1.29. The normalized spacial score (nSPS) is 9.92. The second-order valence-electron chi connectivity index (χ2n) is 2.24. The molecule has 0 atom stereocenters. The molecule has 0 fully saturated rings. The van der Waals surface area contributed by atoms with Crippen LogP contribution in [-0.4, -0.2) is 11.4 Å². The van der Waals surface area contributed by atoms with Crippen LogP contribution in [0, 0.1) is 11.6 Å². The average Bonchev–Trinajstić information content (AvgIpc) is 2.09. The molecule has 1 N–H and O–H groups in total. The molecule has 1 rings (SSSR count). The Morgan fingerprint density at radius 3 is 2.42 bits per heavy atom. The van der Waals surface area contributed by atoms with Gasteiger partial charge in [0, 0.05) is 5.56 Å². The fourth-order valence-corrected chi connectivity index (χ4v) is 0.850. The molecule has 1 aromatic rings. The summed E-state index contributed by atoms with van der Waals surface area (Å²) in [5.74, 6) is -2.15. The Balaban J connectivity index is 3.28. The topological polar surface area (TPSA) is 37.3 Å². The molecule has 0 aromatic heterocycles. The van der Waals surface area contributed by atoms with E-state index in [0.29, 0.717) is 6.29 Å². The number of aldehydes is 1. The summed E-state index contributed by atoms with van der Waals surface area (Å²) < 4.78 is 24.9. The van der Waals surface area contributed by atoms with E-state index in [1.54, 1.807) is 0 Å². The lowest BCUT2D eigenvalue weighted by molar-refractivity contribution is 0.112. The van der Waals surface area contributed by atoms with Gasteiger partial charge < -0.3 is 5.11 Å². The van der Waals surface area contributed by atoms with Gasteiger partial charge in [0.05, 0.1) is 6.61 Å². The van der Waals surface area contributed by atoms with Crippen molar-refractivity contribution < 1.29 is 18.7 Å². The molecule has 0 aliphatic rings. The van der Waals surface area contributed by atoms with Crippen molar-refractivity contribution in [1.82, 2.24) is 0 Å². The number of carbonyl (C=O) groups excluding carboxylic acids is 1. The minimum Gasteiger partial charge on any atom is -0.392 e. The van der Waals surface area contributed by atoms with Crippen LogP contribution in [0.5, 0.6) is 0 Å². The second-order valence-corrected chi connectivity index (χ2v) is 2.24. The molecule has 2 nitrogen and oxygen atoms in total. The quantitative estimate of drug-likeness (QED) is 0.682. The van der Waals surface area contributed by atoms with Crippen LogP contribution in [0.15, 0.2) is 12.1 Å². The van der Waals surface area contributed by atoms with E-state index in [-0.39, 0.29) is 11.1 Å². The molecule has 0 aliphatic carbocycles. The predicted octanol–water partition coefficient (Wildman–Crippen LogP) is 1.27.